The molecule has 4 rings (SSSR count). The Morgan fingerprint density at radius 2 is 1.77 bits per heavy atom. The Morgan fingerprint density at radius 1 is 1.06 bits per heavy atom. The van der Waals surface area contributed by atoms with Gasteiger partial charge in [-0.2, -0.15) is 0 Å². The summed E-state index contributed by atoms with van der Waals surface area (Å²) in [6.07, 6.45) is 0.628. The summed E-state index contributed by atoms with van der Waals surface area (Å²) in [5, 5.41) is 9.81. The van der Waals surface area contributed by atoms with Crippen molar-refractivity contribution in [2.45, 2.75) is 13.0 Å². The van der Waals surface area contributed by atoms with Crippen LogP contribution in [0.25, 0.3) is 0 Å². The molecular formula is C24H25N3O4. The Morgan fingerprint density at radius 3 is 2.52 bits per heavy atom. The zero-order chi connectivity index (χ0) is 21.6. The van der Waals surface area contributed by atoms with Crippen LogP contribution in [0.3, 0.4) is 0 Å². The molecule has 2 heterocycles. The van der Waals surface area contributed by atoms with Crippen molar-refractivity contribution in [3.05, 3.63) is 64.7 Å². The fourth-order valence-electron chi connectivity index (χ4n) is 3.82. The minimum Gasteiger partial charge on any atom is -0.379 e. The maximum Gasteiger partial charge on any atom is 0.233 e. The van der Waals surface area contributed by atoms with Gasteiger partial charge < -0.3 is 9.64 Å². The van der Waals surface area contributed by atoms with Crippen LogP contribution in [0.5, 0.6) is 0 Å². The number of rotatable bonds is 6. The zero-order valence-corrected chi connectivity index (χ0v) is 17.3. The van der Waals surface area contributed by atoms with Crippen molar-refractivity contribution < 1.29 is 19.5 Å². The standard InChI is InChI=1S/C24H25N3O4/c28-18-26(30)9-10-27-23-8-7-20(15-22(23)16-24(27)29)4-1-19-2-5-21(6-3-19)17-25-11-13-31-14-12-25/h2-3,5-8,15,18,30H,9-14,16-17H2. The highest BCUT2D eigenvalue weighted by atomic mass is 16.5. The summed E-state index contributed by atoms with van der Waals surface area (Å²) in [4.78, 5) is 26.8. The molecule has 1 fully saturated rings. The average molecular weight is 419 g/mol. The Hall–Kier alpha value is -3.18. The normalized spacial score (nSPS) is 15.9. The minimum atomic E-state index is -0.0461. The smallest absolute Gasteiger partial charge is 0.233 e. The van der Waals surface area contributed by atoms with Gasteiger partial charge in [-0.05, 0) is 41.5 Å². The summed E-state index contributed by atoms with van der Waals surface area (Å²) in [6.45, 7) is 4.77. The number of hydrogen-bond donors (Lipinski definition) is 1. The Kier molecular flexibility index (Phi) is 6.63. The second-order valence-electron chi connectivity index (χ2n) is 7.67. The first-order valence-electron chi connectivity index (χ1n) is 10.4. The number of hydroxylamine groups is 2. The van der Waals surface area contributed by atoms with Crippen LogP contribution in [-0.2, 0) is 27.3 Å². The van der Waals surface area contributed by atoms with E-state index < -0.39 is 0 Å². The van der Waals surface area contributed by atoms with Crippen LogP contribution in [0, 0.1) is 11.8 Å². The highest BCUT2D eigenvalue weighted by Crippen LogP contribution is 2.29. The molecule has 2 aromatic carbocycles. The molecule has 7 heteroatoms. The predicted molar refractivity (Wildman–Crippen MR) is 116 cm³/mol. The minimum absolute atomic E-state index is 0.0461. The lowest BCUT2D eigenvalue weighted by Crippen LogP contribution is -2.35. The largest absolute Gasteiger partial charge is 0.379 e. The maximum absolute atomic E-state index is 12.3. The van der Waals surface area contributed by atoms with Crippen molar-refractivity contribution in [1.82, 2.24) is 9.96 Å². The number of carbonyl (C=O) groups excluding carboxylic acids is 2. The third-order valence-electron chi connectivity index (χ3n) is 5.50. The second-order valence-corrected chi connectivity index (χ2v) is 7.67. The summed E-state index contributed by atoms with van der Waals surface area (Å²) in [6, 6.07) is 14.0. The third-order valence-corrected chi connectivity index (χ3v) is 5.50. The lowest BCUT2D eigenvalue weighted by atomic mass is 10.1. The maximum atomic E-state index is 12.3. The van der Waals surface area contributed by atoms with Gasteiger partial charge in [0.25, 0.3) is 0 Å². The molecule has 2 aromatic rings. The van der Waals surface area contributed by atoms with Gasteiger partial charge in [-0.15, -0.1) is 0 Å². The number of ether oxygens (including phenoxy) is 1. The van der Waals surface area contributed by atoms with Gasteiger partial charge in [0.15, 0.2) is 0 Å². The number of anilines is 1. The van der Waals surface area contributed by atoms with Crippen molar-refractivity contribution >= 4 is 18.0 Å². The van der Waals surface area contributed by atoms with Crippen LogP contribution in [-0.4, -0.2) is 66.9 Å². The SMILES string of the molecule is O=CN(O)CCN1C(=O)Cc2cc(C#Cc3ccc(CN4CCOCC4)cc3)ccc21. The number of benzene rings is 2. The molecule has 0 saturated carbocycles. The topological polar surface area (TPSA) is 73.3 Å². The molecule has 2 aliphatic rings. The number of amides is 2. The van der Waals surface area contributed by atoms with E-state index in [1.54, 1.807) is 4.90 Å². The molecular weight excluding hydrogens is 394 g/mol. The second kappa shape index (κ2) is 9.75. The number of fused-ring (bicyclic) bond motifs is 1. The molecule has 2 aliphatic heterocycles. The fraction of sp³-hybridized carbons (Fsp3) is 0.333. The van der Waals surface area contributed by atoms with Crippen LogP contribution in [0.1, 0.15) is 22.3 Å². The molecule has 0 unspecified atom stereocenters. The number of nitrogens with zero attached hydrogens (tertiary/aromatic N) is 3. The van der Waals surface area contributed by atoms with E-state index in [0.717, 1.165) is 55.2 Å². The average Bonchev–Trinajstić information content (AvgIpc) is 3.11. The summed E-state index contributed by atoms with van der Waals surface area (Å²) >= 11 is 0. The van der Waals surface area contributed by atoms with E-state index in [1.165, 1.54) is 5.56 Å². The van der Waals surface area contributed by atoms with E-state index in [2.05, 4.69) is 28.9 Å². The lowest BCUT2D eigenvalue weighted by molar-refractivity contribution is -0.149. The molecule has 0 atom stereocenters. The zero-order valence-electron chi connectivity index (χ0n) is 17.3. The van der Waals surface area contributed by atoms with Gasteiger partial charge in [0.2, 0.25) is 12.3 Å². The van der Waals surface area contributed by atoms with E-state index in [9.17, 15) is 14.8 Å². The van der Waals surface area contributed by atoms with E-state index in [0.29, 0.717) is 17.9 Å². The van der Waals surface area contributed by atoms with Gasteiger partial charge in [0, 0.05) is 43.0 Å². The fourth-order valence-corrected chi connectivity index (χ4v) is 3.82. The number of hydrogen-bond acceptors (Lipinski definition) is 5. The molecule has 1 N–H and O–H groups in total. The van der Waals surface area contributed by atoms with Gasteiger partial charge in [-0.25, -0.2) is 5.06 Å². The van der Waals surface area contributed by atoms with E-state index >= 15 is 0 Å². The lowest BCUT2D eigenvalue weighted by Gasteiger charge is -2.26. The molecule has 31 heavy (non-hydrogen) atoms. The first kappa shape index (κ1) is 21.1. The van der Waals surface area contributed by atoms with Gasteiger partial charge in [-0.3, -0.25) is 19.7 Å². The Bertz CT molecular complexity index is 1000. The first-order chi connectivity index (χ1) is 15.1. The van der Waals surface area contributed by atoms with E-state index in [4.69, 9.17) is 4.74 Å². The molecule has 160 valence electrons. The van der Waals surface area contributed by atoms with Gasteiger partial charge in [0.05, 0.1) is 26.2 Å². The van der Waals surface area contributed by atoms with Crippen LogP contribution in [0.4, 0.5) is 5.69 Å². The highest BCUT2D eigenvalue weighted by molar-refractivity contribution is 6.01. The van der Waals surface area contributed by atoms with Crippen molar-refractivity contribution in [1.29, 1.82) is 0 Å². The molecule has 0 spiro atoms. The molecule has 7 nitrogen and oxygen atoms in total. The molecule has 0 aliphatic carbocycles. The van der Waals surface area contributed by atoms with E-state index in [1.807, 2.05) is 30.3 Å². The van der Waals surface area contributed by atoms with E-state index in [-0.39, 0.29) is 19.0 Å². The van der Waals surface area contributed by atoms with Crippen LogP contribution < -0.4 is 4.90 Å². The monoisotopic (exact) mass is 419 g/mol. The Balaban J connectivity index is 1.40. The van der Waals surface area contributed by atoms with Gasteiger partial charge in [0.1, 0.15) is 0 Å². The summed E-state index contributed by atoms with van der Waals surface area (Å²) in [5.41, 5.74) is 4.78. The summed E-state index contributed by atoms with van der Waals surface area (Å²) < 4.78 is 5.39. The van der Waals surface area contributed by atoms with Gasteiger partial charge >= 0.3 is 0 Å². The number of morpholine rings is 1. The molecule has 0 aromatic heterocycles. The molecule has 2 amide bonds. The summed E-state index contributed by atoms with van der Waals surface area (Å²) in [5.74, 6) is 6.33. The molecule has 1 saturated heterocycles. The van der Waals surface area contributed by atoms with Crippen LogP contribution >= 0.6 is 0 Å². The van der Waals surface area contributed by atoms with Crippen molar-refractivity contribution in [3.8, 4) is 11.8 Å². The highest BCUT2D eigenvalue weighted by Gasteiger charge is 2.27. The predicted octanol–water partition coefficient (Wildman–Crippen LogP) is 1.66. The first-order valence-corrected chi connectivity index (χ1v) is 10.4. The van der Waals surface area contributed by atoms with Crippen molar-refractivity contribution in [2.75, 3.05) is 44.3 Å². The van der Waals surface area contributed by atoms with Crippen LogP contribution in [0.2, 0.25) is 0 Å². The summed E-state index contributed by atoms with van der Waals surface area (Å²) in [7, 11) is 0. The number of carbonyl (C=O) groups is 2. The third kappa shape index (κ3) is 5.30. The van der Waals surface area contributed by atoms with Gasteiger partial charge in [-0.1, -0.05) is 24.0 Å². The molecule has 0 bridgehead atoms. The quantitative estimate of drug-likeness (QED) is 0.334. The van der Waals surface area contributed by atoms with Crippen molar-refractivity contribution in [2.24, 2.45) is 0 Å². The van der Waals surface area contributed by atoms with Crippen LogP contribution in [0.15, 0.2) is 42.5 Å². The van der Waals surface area contributed by atoms with Crippen molar-refractivity contribution in [3.63, 3.8) is 0 Å². The Labute approximate surface area is 181 Å². The molecule has 0 radical (unpaired) electrons.